The Morgan fingerprint density at radius 2 is 2.23 bits per heavy atom. The summed E-state index contributed by atoms with van der Waals surface area (Å²) < 4.78 is 3.11. The van der Waals surface area contributed by atoms with Gasteiger partial charge >= 0.3 is 0 Å². The lowest BCUT2D eigenvalue weighted by molar-refractivity contribution is 0.464. The maximum atomic E-state index is 5.25. The second kappa shape index (κ2) is 3.88. The lowest BCUT2D eigenvalue weighted by Gasteiger charge is -2.22. The molecular weight excluding hydrogens is 200 g/mol. The number of nitrogens with one attached hydrogen (secondary N) is 1. The molecule has 4 heteroatoms. The number of hydrogen-bond acceptors (Lipinski definition) is 2. The van der Waals surface area contributed by atoms with Gasteiger partial charge in [-0.1, -0.05) is 0 Å². The van der Waals surface area contributed by atoms with Crippen molar-refractivity contribution in [3.63, 3.8) is 0 Å². The SMILES string of the molecule is Cc1cn(C2CCSCC2)c(=S)[nH]1. The van der Waals surface area contributed by atoms with Gasteiger partial charge in [0.2, 0.25) is 0 Å². The van der Waals surface area contributed by atoms with Crippen LogP contribution in [0, 0.1) is 11.7 Å². The van der Waals surface area contributed by atoms with E-state index in [9.17, 15) is 0 Å². The van der Waals surface area contributed by atoms with Gasteiger partial charge in [0.1, 0.15) is 0 Å². The number of hydrogen-bond donors (Lipinski definition) is 1. The van der Waals surface area contributed by atoms with Crippen molar-refractivity contribution in [2.24, 2.45) is 0 Å². The molecule has 1 aliphatic rings. The number of H-pyrrole nitrogens is 1. The minimum absolute atomic E-state index is 0.638. The van der Waals surface area contributed by atoms with E-state index in [1.54, 1.807) is 0 Å². The Balaban J connectivity index is 2.23. The molecule has 1 saturated heterocycles. The van der Waals surface area contributed by atoms with Gasteiger partial charge in [-0.05, 0) is 43.5 Å². The zero-order valence-corrected chi connectivity index (χ0v) is 9.38. The van der Waals surface area contributed by atoms with Crippen molar-refractivity contribution in [1.82, 2.24) is 9.55 Å². The third-order valence-electron chi connectivity index (χ3n) is 2.46. The standard InChI is InChI=1S/C9H14N2S2/c1-7-6-11(9(12)10-7)8-2-4-13-5-3-8/h6,8H,2-5H2,1H3,(H,10,12). The molecule has 2 heterocycles. The normalized spacial score (nSPS) is 19.2. The molecule has 0 bridgehead atoms. The molecule has 0 spiro atoms. The van der Waals surface area contributed by atoms with Crippen molar-refractivity contribution in [1.29, 1.82) is 0 Å². The number of aromatic amines is 1. The maximum Gasteiger partial charge on any atom is 0.177 e. The summed E-state index contributed by atoms with van der Waals surface area (Å²) in [6.45, 7) is 2.06. The zero-order valence-electron chi connectivity index (χ0n) is 7.75. The highest BCUT2D eigenvalue weighted by atomic mass is 32.2. The molecule has 0 unspecified atom stereocenters. The molecule has 0 radical (unpaired) electrons. The van der Waals surface area contributed by atoms with Gasteiger partial charge in [-0.15, -0.1) is 0 Å². The second-order valence-electron chi connectivity index (χ2n) is 3.49. The third-order valence-corrected chi connectivity index (χ3v) is 3.82. The first-order valence-electron chi connectivity index (χ1n) is 4.63. The van der Waals surface area contributed by atoms with Crippen LogP contribution in [0.15, 0.2) is 6.20 Å². The Kier molecular flexibility index (Phi) is 2.79. The number of thioether (sulfide) groups is 1. The molecule has 0 saturated carbocycles. The number of aromatic nitrogens is 2. The topological polar surface area (TPSA) is 20.7 Å². The number of nitrogens with zero attached hydrogens (tertiary/aromatic N) is 1. The van der Waals surface area contributed by atoms with E-state index in [0.717, 1.165) is 4.77 Å². The summed E-state index contributed by atoms with van der Waals surface area (Å²) >= 11 is 7.30. The van der Waals surface area contributed by atoms with Crippen molar-refractivity contribution in [3.8, 4) is 0 Å². The highest BCUT2D eigenvalue weighted by Gasteiger charge is 2.15. The van der Waals surface area contributed by atoms with Crippen LogP contribution >= 0.6 is 24.0 Å². The molecule has 13 heavy (non-hydrogen) atoms. The molecule has 72 valence electrons. The largest absolute Gasteiger partial charge is 0.335 e. The van der Waals surface area contributed by atoms with Gasteiger partial charge < -0.3 is 9.55 Å². The second-order valence-corrected chi connectivity index (χ2v) is 5.10. The molecule has 1 aromatic heterocycles. The lowest BCUT2D eigenvalue weighted by atomic mass is 10.1. The van der Waals surface area contributed by atoms with E-state index < -0.39 is 0 Å². The predicted molar refractivity (Wildman–Crippen MR) is 59.9 cm³/mol. The van der Waals surface area contributed by atoms with E-state index in [4.69, 9.17) is 12.2 Å². The molecule has 1 aliphatic heterocycles. The fourth-order valence-electron chi connectivity index (χ4n) is 1.77. The van der Waals surface area contributed by atoms with Crippen LogP contribution in [0.3, 0.4) is 0 Å². The first-order valence-corrected chi connectivity index (χ1v) is 6.19. The van der Waals surface area contributed by atoms with Gasteiger partial charge in [0.05, 0.1) is 0 Å². The van der Waals surface area contributed by atoms with Crippen LogP contribution in [0.5, 0.6) is 0 Å². The summed E-state index contributed by atoms with van der Waals surface area (Å²) in [6, 6.07) is 0.638. The highest BCUT2D eigenvalue weighted by molar-refractivity contribution is 7.99. The van der Waals surface area contributed by atoms with Crippen LogP contribution in [-0.2, 0) is 0 Å². The quantitative estimate of drug-likeness (QED) is 0.726. The average molecular weight is 214 g/mol. The molecule has 0 aromatic carbocycles. The van der Waals surface area contributed by atoms with E-state index in [2.05, 4.69) is 22.7 Å². The fraction of sp³-hybridized carbons (Fsp3) is 0.667. The van der Waals surface area contributed by atoms with Gasteiger partial charge in [0.25, 0.3) is 0 Å². The summed E-state index contributed by atoms with van der Waals surface area (Å²) in [5.74, 6) is 2.55. The van der Waals surface area contributed by atoms with Crippen LogP contribution in [-0.4, -0.2) is 21.1 Å². The van der Waals surface area contributed by atoms with E-state index in [1.165, 1.54) is 30.0 Å². The summed E-state index contributed by atoms with van der Waals surface area (Å²) in [5.41, 5.74) is 1.17. The third kappa shape index (κ3) is 1.99. The Bertz CT molecular complexity index is 334. The van der Waals surface area contributed by atoms with Gasteiger partial charge in [0.15, 0.2) is 4.77 Å². The first-order chi connectivity index (χ1) is 6.27. The summed E-state index contributed by atoms with van der Waals surface area (Å²) in [4.78, 5) is 3.18. The van der Waals surface area contributed by atoms with E-state index in [0.29, 0.717) is 6.04 Å². The molecule has 2 nitrogen and oxygen atoms in total. The van der Waals surface area contributed by atoms with Crippen LogP contribution in [0.2, 0.25) is 0 Å². The minimum atomic E-state index is 0.638. The van der Waals surface area contributed by atoms with E-state index >= 15 is 0 Å². The summed E-state index contributed by atoms with van der Waals surface area (Å²) in [7, 11) is 0. The molecular formula is C9H14N2S2. The van der Waals surface area contributed by atoms with Crippen LogP contribution < -0.4 is 0 Å². The fourth-order valence-corrected chi connectivity index (χ4v) is 3.21. The van der Waals surface area contributed by atoms with Crippen LogP contribution in [0.25, 0.3) is 0 Å². The summed E-state index contributed by atoms with van der Waals surface area (Å²) in [5, 5.41) is 0. The zero-order chi connectivity index (χ0) is 9.26. The van der Waals surface area contributed by atoms with Crippen molar-refractivity contribution < 1.29 is 0 Å². The lowest BCUT2D eigenvalue weighted by Crippen LogP contribution is -2.14. The molecule has 1 N–H and O–H groups in total. The smallest absolute Gasteiger partial charge is 0.177 e. The Morgan fingerprint density at radius 1 is 1.54 bits per heavy atom. The van der Waals surface area contributed by atoms with Crippen molar-refractivity contribution >= 4 is 24.0 Å². The van der Waals surface area contributed by atoms with Crippen LogP contribution in [0.1, 0.15) is 24.6 Å². The highest BCUT2D eigenvalue weighted by Crippen LogP contribution is 2.27. The monoisotopic (exact) mass is 214 g/mol. The van der Waals surface area contributed by atoms with E-state index in [1.807, 2.05) is 11.8 Å². The van der Waals surface area contributed by atoms with Crippen LogP contribution in [0.4, 0.5) is 0 Å². The summed E-state index contributed by atoms with van der Waals surface area (Å²) in [6.07, 6.45) is 4.66. The van der Waals surface area contributed by atoms with Crippen molar-refractivity contribution in [2.75, 3.05) is 11.5 Å². The molecule has 2 rings (SSSR count). The van der Waals surface area contributed by atoms with Crippen molar-refractivity contribution in [3.05, 3.63) is 16.7 Å². The van der Waals surface area contributed by atoms with E-state index in [-0.39, 0.29) is 0 Å². The number of aryl methyl sites for hydroxylation is 1. The number of imidazole rings is 1. The van der Waals surface area contributed by atoms with Gasteiger partial charge in [-0.3, -0.25) is 0 Å². The van der Waals surface area contributed by atoms with Gasteiger partial charge in [-0.25, -0.2) is 0 Å². The Morgan fingerprint density at radius 3 is 2.77 bits per heavy atom. The van der Waals surface area contributed by atoms with Gasteiger partial charge in [-0.2, -0.15) is 11.8 Å². The van der Waals surface area contributed by atoms with Gasteiger partial charge in [0, 0.05) is 17.9 Å². The first kappa shape index (κ1) is 9.34. The Hall–Kier alpha value is -0.220. The molecule has 1 aromatic rings. The molecule has 1 fully saturated rings. The van der Waals surface area contributed by atoms with Crippen molar-refractivity contribution in [2.45, 2.75) is 25.8 Å². The molecule has 0 aliphatic carbocycles. The maximum absolute atomic E-state index is 5.25. The predicted octanol–water partition coefficient (Wildman–Crippen LogP) is 2.92. The minimum Gasteiger partial charge on any atom is -0.335 e. The average Bonchev–Trinajstić information content (AvgIpc) is 2.47. The Labute approximate surface area is 87.7 Å². The molecule has 0 atom stereocenters. The number of rotatable bonds is 1. The molecule has 0 amide bonds.